The van der Waals surface area contributed by atoms with Gasteiger partial charge in [-0.25, -0.2) is 9.59 Å². The highest BCUT2D eigenvalue weighted by atomic mass is 32.2. The van der Waals surface area contributed by atoms with E-state index in [-0.39, 0.29) is 11.1 Å². The Hall–Kier alpha value is -2.80. The molecule has 0 fully saturated rings. The molecule has 0 spiro atoms. The molecule has 1 heterocycles. The van der Waals surface area contributed by atoms with E-state index < -0.39 is 59.5 Å². The third kappa shape index (κ3) is 6.91. The van der Waals surface area contributed by atoms with Crippen molar-refractivity contribution in [3.05, 3.63) is 68.5 Å². The molecule has 30 heavy (non-hydrogen) atoms. The number of ether oxygens (including phenoxy) is 2. The van der Waals surface area contributed by atoms with Crippen LogP contribution in [-0.2, 0) is 23.8 Å². The van der Waals surface area contributed by atoms with Crippen LogP contribution in [0.3, 0.4) is 0 Å². The minimum Gasteiger partial charge on any atom is -0.459 e. The smallest absolute Gasteiger partial charge is 0.338 e. The van der Waals surface area contributed by atoms with Crippen LogP contribution in [0.5, 0.6) is 0 Å². The summed E-state index contributed by atoms with van der Waals surface area (Å²) in [6, 6.07) is 8.07. The van der Waals surface area contributed by atoms with E-state index in [9.17, 15) is 27.9 Å². The zero-order valence-corrected chi connectivity index (χ0v) is 17.1. The zero-order chi connectivity index (χ0) is 22.3. The highest BCUT2D eigenvalue weighted by Gasteiger charge is 2.23. The molecule has 0 bridgehead atoms. The predicted molar refractivity (Wildman–Crippen MR) is 105 cm³/mol. The quantitative estimate of drug-likeness (QED) is 0.368. The molecule has 1 aromatic carbocycles. The number of nitrogens with zero attached hydrogens (tertiary/aromatic N) is 1. The highest BCUT2D eigenvalue weighted by Crippen LogP contribution is 2.12. The van der Waals surface area contributed by atoms with Gasteiger partial charge in [-0.05, 0) is 19.1 Å². The number of aliphatic hydroxyl groups excluding tert-OH is 1. The Kier molecular flexibility index (Phi) is 8.06. The van der Waals surface area contributed by atoms with E-state index in [2.05, 4.69) is 4.98 Å². The summed E-state index contributed by atoms with van der Waals surface area (Å²) in [5.74, 6) is -0.679. The minimum absolute atomic E-state index is 0.191. The van der Waals surface area contributed by atoms with Crippen LogP contribution < -0.4 is 11.2 Å². The van der Waals surface area contributed by atoms with Crippen molar-refractivity contribution < 1.29 is 32.0 Å². The van der Waals surface area contributed by atoms with Gasteiger partial charge in [0, 0.05) is 11.8 Å². The molecule has 0 amide bonds. The Morgan fingerprint density at radius 2 is 1.87 bits per heavy atom. The number of hydrogen-bond donors (Lipinski definition) is 2. The van der Waals surface area contributed by atoms with Gasteiger partial charge in [0.05, 0.1) is 25.0 Å². The molecular formula is C18H22N2O9S. The molecule has 0 aliphatic rings. The lowest BCUT2D eigenvalue weighted by molar-refractivity contribution is -0.112. The van der Waals surface area contributed by atoms with Crippen molar-refractivity contribution in [2.45, 2.75) is 19.3 Å². The van der Waals surface area contributed by atoms with E-state index in [0.717, 1.165) is 10.8 Å². The van der Waals surface area contributed by atoms with Gasteiger partial charge in [-0.1, -0.05) is 18.2 Å². The second-order valence-electron chi connectivity index (χ2n) is 6.33. The summed E-state index contributed by atoms with van der Waals surface area (Å²) in [5, 5.41) is 9.65. The van der Waals surface area contributed by atoms with Gasteiger partial charge in [-0.2, -0.15) is 8.42 Å². The van der Waals surface area contributed by atoms with Gasteiger partial charge in [-0.15, -0.1) is 0 Å². The monoisotopic (exact) mass is 442 g/mol. The molecule has 0 saturated heterocycles. The number of nitrogens with one attached hydrogen (secondary N) is 1. The normalized spacial score (nSPS) is 13.6. The van der Waals surface area contributed by atoms with Crippen LogP contribution in [0.4, 0.5) is 0 Å². The number of rotatable bonds is 10. The SMILES string of the molecule is Cc1cn([C@@H](CO)O[C@H](COC(=O)c2ccccc2)COS(C)(=O)=O)c(=O)[nH]c1=O. The summed E-state index contributed by atoms with van der Waals surface area (Å²) in [7, 11) is -3.84. The Morgan fingerprint density at radius 1 is 1.20 bits per heavy atom. The second-order valence-corrected chi connectivity index (χ2v) is 7.97. The largest absolute Gasteiger partial charge is 0.459 e. The molecule has 0 unspecified atom stereocenters. The van der Waals surface area contributed by atoms with Crippen LogP contribution in [0, 0.1) is 6.92 Å². The number of aryl methyl sites for hydroxylation is 1. The van der Waals surface area contributed by atoms with Gasteiger partial charge >= 0.3 is 11.7 Å². The average Bonchev–Trinajstić information content (AvgIpc) is 2.70. The molecule has 2 aromatic rings. The van der Waals surface area contributed by atoms with E-state index in [1.165, 1.54) is 25.3 Å². The van der Waals surface area contributed by atoms with Crippen LogP contribution >= 0.6 is 0 Å². The van der Waals surface area contributed by atoms with Crippen molar-refractivity contribution in [3.8, 4) is 0 Å². The Labute approximate surface area is 172 Å². The number of carbonyl (C=O) groups excluding carboxylic acids is 1. The van der Waals surface area contributed by atoms with Crippen LogP contribution in [0.1, 0.15) is 22.1 Å². The maximum atomic E-state index is 12.1. The third-order valence-electron chi connectivity index (χ3n) is 3.84. The second kappa shape index (κ2) is 10.3. The Balaban J connectivity index is 2.18. The van der Waals surface area contributed by atoms with Crippen LogP contribution in [0.2, 0.25) is 0 Å². The van der Waals surface area contributed by atoms with E-state index >= 15 is 0 Å². The number of aliphatic hydroxyl groups is 1. The summed E-state index contributed by atoms with van der Waals surface area (Å²) < 4.78 is 39.0. The first-order valence-electron chi connectivity index (χ1n) is 8.75. The predicted octanol–water partition coefficient (Wildman–Crippen LogP) is -0.446. The van der Waals surface area contributed by atoms with Crippen molar-refractivity contribution >= 4 is 16.1 Å². The number of esters is 1. The lowest BCUT2D eigenvalue weighted by Gasteiger charge is -2.24. The third-order valence-corrected chi connectivity index (χ3v) is 4.40. The Morgan fingerprint density at radius 3 is 2.47 bits per heavy atom. The van der Waals surface area contributed by atoms with Crippen molar-refractivity contribution in [2.75, 3.05) is 26.1 Å². The number of hydrogen-bond acceptors (Lipinski definition) is 9. The fraction of sp³-hybridized carbons (Fsp3) is 0.389. The fourth-order valence-electron chi connectivity index (χ4n) is 2.37. The van der Waals surface area contributed by atoms with Crippen molar-refractivity contribution in [1.29, 1.82) is 0 Å². The molecule has 2 N–H and O–H groups in total. The number of H-pyrrole nitrogens is 1. The molecule has 2 atom stereocenters. The molecule has 1 aromatic heterocycles. The zero-order valence-electron chi connectivity index (χ0n) is 16.3. The molecule has 0 aliphatic carbocycles. The maximum absolute atomic E-state index is 12.1. The molecular weight excluding hydrogens is 420 g/mol. The first-order valence-corrected chi connectivity index (χ1v) is 10.6. The number of benzene rings is 1. The molecule has 0 aliphatic heterocycles. The van der Waals surface area contributed by atoms with Crippen molar-refractivity contribution in [3.63, 3.8) is 0 Å². The summed E-state index contributed by atoms with van der Waals surface area (Å²) in [4.78, 5) is 37.8. The van der Waals surface area contributed by atoms with Crippen LogP contribution in [0.15, 0.2) is 46.1 Å². The molecule has 12 heteroatoms. The van der Waals surface area contributed by atoms with Gasteiger partial charge < -0.3 is 14.6 Å². The fourth-order valence-corrected chi connectivity index (χ4v) is 2.77. The van der Waals surface area contributed by atoms with Crippen molar-refractivity contribution in [2.24, 2.45) is 0 Å². The number of carbonyl (C=O) groups is 1. The first-order chi connectivity index (χ1) is 14.1. The standard InChI is InChI=1S/C18H22N2O9S/c1-12-8-20(18(24)19-16(12)22)15(9-21)29-14(11-28-30(2,25)26)10-27-17(23)13-6-4-3-5-7-13/h3-8,14-15,21H,9-11H2,1-2H3,(H,19,22,24)/t14-,15-/m1/s1. The first kappa shape index (κ1) is 23.5. The summed E-state index contributed by atoms with van der Waals surface area (Å²) in [5.41, 5.74) is -0.974. The lowest BCUT2D eigenvalue weighted by atomic mass is 10.2. The van der Waals surface area contributed by atoms with Gasteiger partial charge in [0.15, 0.2) is 6.23 Å². The summed E-state index contributed by atoms with van der Waals surface area (Å²) in [6.07, 6.45) is -0.424. The molecule has 11 nitrogen and oxygen atoms in total. The minimum atomic E-state index is -3.84. The molecule has 164 valence electrons. The van der Waals surface area contributed by atoms with Crippen molar-refractivity contribution in [1.82, 2.24) is 9.55 Å². The average molecular weight is 442 g/mol. The number of aromatic amines is 1. The number of aromatic nitrogens is 2. The van der Waals surface area contributed by atoms with Crippen LogP contribution in [-0.4, -0.2) is 61.2 Å². The van der Waals surface area contributed by atoms with Gasteiger partial charge in [0.25, 0.3) is 15.7 Å². The van der Waals surface area contributed by atoms with E-state index in [1.807, 2.05) is 0 Å². The summed E-state index contributed by atoms with van der Waals surface area (Å²) in [6.45, 7) is -0.187. The maximum Gasteiger partial charge on any atom is 0.338 e. The van der Waals surface area contributed by atoms with E-state index in [0.29, 0.717) is 0 Å². The molecule has 0 saturated carbocycles. The van der Waals surface area contributed by atoms with E-state index in [4.69, 9.17) is 13.7 Å². The summed E-state index contributed by atoms with van der Waals surface area (Å²) >= 11 is 0. The van der Waals surface area contributed by atoms with Gasteiger partial charge in [-0.3, -0.25) is 18.5 Å². The molecule has 0 radical (unpaired) electrons. The molecule has 2 rings (SSSR count). The van der Waals surface area contributed by atoms with Gasteiger partial charge in [0.1, 0.15) is 12.7 Å². The Bertz CT molecular complexity index is 1080. The van der Waals surface area contributed by atoms with E-state index in [1.54, 1.807) is 18.2 Å². The van der Waals surface area contributed by atoms with Crippen LogP contribution in [0.25, 0.3) is 0 Å². The van der Waals surface area contributed by atoms with Gasteiger partial charge in [0.2, 0.25) is 0 Å². The highest BCUT2D eigenvalue weighted by molar-refractivity contribution is 7.85. The lowest BCUT2D eigenvalue weighted by Crippen LogP contribution is -2.39. The topological polar surface area (TPSA) is 154 Å².